The van der Waals surface area contributed by atoms with Crippen LogP contribution < -0.4 is 10.6 Å². The Morgan fingerprint density at radius 2 is 1.89 bits per heavy atom. The molecule has 1 aliphatic heterocycles. The van der Waals surface area contributed by atoms with E-state index in [0.29, 0.717) is 12.6 Å². The van der Waals surface area contributed by atoms with Gasteiger partial charge in [-0.2, -0.15) is 0 Å². The Hall–Kier alpha value is -2.12. The van der Waals surface area contributed by atoms with E-state index in [4.69, 9.17) is 5.11 Å². The van der Waals surface area contributed by atoms with E-state index >= 15 is 0 Å². The van der Waals surface area contributed by atoms with Crippen molar-refractivity contribution in [3.63, 3.8) is 0 Å². The highest BCUT2D eigenvalue weighted by Crippen LogP contribution is 2.26. The molecule has 2 amide bonds. The van der Waals surface area contributed by atoms with Crippen LogP contribution in [0.2, 0.25) is 0 Å². The number of hydrogen-bond donors (Lipinski definition) is 3. The van der Waals surface area contributed by atoms with Gasteiger partial charge in [-0.3, -0.25) is 14.6 Å². The summed E-state index contributed by atoms with van der Waals surface area (Å²) in [5, 5.41) is 15.1. The molecule has 1 aliphatic carbocycles. The first-order valence-electron chi connectivity index (χ1n) is 10.3. The van der Waals surface area contributed by atoms with Crippen LogP contribution in [-0.4, -0.2) is 71.2 Å². The Morgan fingerprint density at radius 1 is 1.21 bits per heavy atom. The molecular formula is C21H32N4O3. The third-order valence-corrected chi connectivity index (χ3v) is 6.09. The molecule has 7 nitrogen and oxygen atoms in total. The highest BCUT2D eigenvalue weighted by Gasteiger charge is 2.35. The number of aliphatic carboxylic acids is 1. The van der Waals surface area contributed by atoms with Crippen LogP contribution in [0.3, 0.4) is 0 Å². The molecule has 1 saturated carbocycles. The van der Waals surface area contributed by atoms with Gasteiger partial charge in [-0.05, 0) is 38.3 Å². The number of carbonyl (C=O) groups is 2. The molecule has 2 aliphatic rings. The number of benzene rings is 1. The van der Waals surface area contributed by atoms with Crippen LogP contribution in [0.4, 0.5) is 4.79 Å². The second-order valence-corrected chi connectivity index (χ2v) is 7.96. The summed E-state index contributed by atoms with van der Waals surface area (Å²) >= 11 is 0. The zero-order valence-electron chi connectivity index (χ0n) is 16.8. The van der Waals surface area contributed by atoms with Gasteiger partial charge in [0.05, 0.1) is 6.54 Å². The van der Waals surface area contributed by atoms with Gasteiger partial charge in [0.2, 0.25) is 0 Å². The summed E-state index contributed by atoms with van der Waals surface area (Å²) in [5.74, 6) is -0.800. The monoisotopic (exact) mass is 388 g/mol. The van der Waals surface area contributed by atoms with Gasteiger partial charge in [0.25, 0.3) is 0 Å². The van der Waals surface area contributed by atoms with E-state index in [2.05, 4.69) is 46.7 Å². The average molecular weight is 389 g/mol. The van der Waals surface area contributed by atoms with Gasteiger partial charge in [-0.25, -0.2) is 4.79 Å². The lowest BCUT2D eigenvalue weighted by Gasteiger charge is -2.42. The summed E-state index contributed by atoms with van der Waals surface area (Å²) in [6, 6.07) is 11.2. The van der Waals surface area contributed by atoms with Crippen LogP contribution in [0.25, 0.3) is 0 Å². The molecule has 2 fully saturated rings. The number of carboxylic acid groups (broad SMARTS) is 1. The van der Waals surface area contributed by atoms with Crippen LogP contribution in [0.15, 0.2) is 30.3 Å². The smallest absolute Gasteiger partial charge is 0.317 e. The molecule has 1 aromatic rings. The maximum absolute atomic E-state index is 12.3. The highest BCUT2D eigenvalue weighted by molar-refractivity contribution is 5.74. The number of carboxylic acids is 1. The molecule has 3 N–H and O–H groups in total. The topological polar surface area (TPSA) is 84.9 Å². The van der Waals surface area contributed by atoms with Crippen molar-refractivity contribution in [2.75, 3.05) is 26.2 Å². The summed E-state index contributed by atoms with van der Waals surface area (Å²) in [5.41, 5.74) is 1.30. The highest BCUT2D eigenvalue weighted by atomic mass is 16.4. The molecule has 2 atom stereocenters. The lowest BCUT2D eigenvalue weighted by Crippen LogP contribution is -2.57. The Labute approximate surface area is 167 Å². The molecule has 2 unspecified atom stereocenters. The maximum atomic E-state index is 12.3. The zero-order valence-corrected chi connectivity index (χ0v) is 16.8. The normalized spacial score (nSPS) is 25.9. The van der Waals surface area contributed by atoms with Crippen LogP contribution in [-0.2, 0) is 4.79 Å². The summed E-state index contributed by atoms with van der Waals surface area (Å²) in [6.45, 7) is 6.80. The van der Waals surface area contributed by atoms with Crippen molar-refractivity contribution in [1.82, 2.24) is 20.4 Å². The number of amides is 2. The summed E-state index contributed by atoms with van der Waals surface area (Å²) in [6.07, 6.45) is 2.59. The Morgan fingerprint density at radius 3 is 2.54 bits per heavy atom. The summed E-state index contributed by atoms with van der Waals surface area (Å²) in [7, 11) is 0. The maximum Gasteiger partial charge on any atom is 0.317 e. The molecule has 28 heavy (non-hydrogen) atoms. The lowest BCUT2D eigenvalue weighted by molar-refractivity contribution is -0.139. The number of rotatable bonds is 8. The van der Waals surface area contributed by atoms with Crippen molar-refractivity contribution in [2.24, 2.45) is 0 Å². The van der Waals surface area contributed by atoms with Crippen molar-refractivity contribution in [1.29, 1.82) is 0 Å². The quantitative estimate of drug-likeness (QED) is 0.635. The van der Waals surface area contributed by atoms with E-state index in [0.717, 1.165) is 32.4 Å². The van der Waals surface area contributed by atoms with E-state index in [-0.39, 0.29) is 30.7 Å². The number of nitrogens with zero attached hydrogens (tertiary/aromatic N) is 2. The average Bonchev–Trinajstić information content (AvgIpc) is 3.11. The first-order chi connectivity index (χ1) is 13.5. The number of carbonyl (C=O) groups excluding carboxylic acids is 1. The Bertz CT molecular complexity index is 663. The predicted octanol–water partition coefficient (Wildman–Crippen LogP) is 2.06. The molecule has 0 bridgehead atoms. The van der Waals surface area contributed by atoms with Gasteiger partial charge >= 0.3 is 12.0 Å². The first-order valence-corrected chi connectivity index (χ1v) is 10.3. The second kappa shape index (κ2) is 9.39. The SMILES string of the molecule is CCN(CC(=O)O)C1CC(NC(=O)NC2CCN(C(C)c3ccccc3)C2)C1. The fourth-order valence-corrected chi connectivity index (χ4v) is 4.29. The van der Waals surface area contributed by atoms with E-state index in [1.165, 1.54) is 5.56 Å². The summed E-state index contributed by atoms with van der Waals surface area (Å²) < 4.78 is 0. The van der Waals surface area contributed by atoms with Crippen LogP contribution in [0, 0.1) is 0 Å². The Kier molecular flexibility index (Phi) is 6.91. The van der Waals surface area contributed by atoms with Crippen molar-refractivity contribution in [2.45, 2.75) is 57.3 Å². The second-order valence-electron chi connectivity index (χ2n) is 7.96. The fraction of sp³-hybridized carbons (Fsp3) is 0.619. The lowest BCUT2D eigenvalue weighted by atomic mass is 9.85. The van der Waals surface area contributed by atoms with E-state index in [1.807, 2.05) is 17.9 Å². The number of likely N-dealkylation sites (N-methyl/N-ethyl adjacent to an activating group) is 1. The van der Waals surface area contributed by atoms with Crippen LogP contribution in [0.1, 0.15) is 44.7 Å². The first kappa shape index (κ1) is 20.6. The van der Waals surface area contributed by atoms with Gasteiger partial charge in [-0.15, -0.1) is 0 Å². The van der Waals surface area contributed by atoms with Gasteiger partial charge in [0, 0.05) is 37.3 Å². The molecule has 1 saturated heterocycles. The van der Waals surface area contributed by atoms with Crippen molar-refractivity contribution < 1.29 is 14.7 Å². The third-order valence-electron chi connectivity index (χ3n) is 6.09. The van der Waals surface area contributed by atoms with Crippen molar-refractivity contribution in [3.8, 4) is 0 Å². The van der Waals surface area contributed by atoms with Crippen LogP contribution in [0.5, 0.6) is 0 Å². The van der Waals surface area contributed by atoms with Crippen molar-refractivity contribution >= 4 is 12.0 Å². The third kappa shape index (κ3) is 5.23. The number of hydrogen-bond acceptors (Lipinski definition) is 4. The van der Waals surface area contributed by atoms with Gasteiger partial charge in [0.15, 0.2) is 0 Å². The molecular weight excluding hydrogens is 356 g/mol. The van der Waals surface area contributed by atoms with Gasteiger partial charge in [0.1, 0.15) is 0 Å². The minimum atomic E-state index is -0.800. The van der Waals surface area contributed by atoms with Crippen molar-refractivity contribution in [3.05, 3.63) is 35.9 Å². The van der Waals surface area contributed by atoms with E-state index < -0.39 is 5.97 Å². The van der Waals surface area contributed by atoms with E-state index in [1.54, 1.807) is 0 Å². The fourth-order valence-electron chi connectivity index (χ4n) is 4.29. The predicted molar refractivity (Wildman–Crippen MR) is 108 cm³/mol. The summed E-state index contributed by atoms with van der Waals surface area (Å²) in [4.78, 5) is 27.6. The number of nitrogens with one attached hydrogen (secondary N) is 2. The van der Waals surface area contributed by atoms with E-state index in [9.17, 15) is 9.59 Å². The molecule has 7 heteroatoms. The minimum absolute atomic E-state index is 0.0671. The minimum Gasteiger partial charge on any atom is -0.480 e. The zero-order chi connectivity index (χ0) is 20.1. The van der Waals surface area contributed by atoms with Gasteiger partial charge < -0.3 is 15.7 Å². The van der Waals surface area contributed by atoms with Crippen LogP contribution >= 0.6 is 0 Å². The number of likely N-dealkylation sites (tertiary alicyclic amines) is 1. The Balaban J connectivity index is 1.38. The number of urea groups is 1. The molecule has 1 heterocycles. The standard InChI is InChI=1S/C21H32N4O3/c1-3-24(14-20(26)27)19-11-18(12-19)23-21(28)22-17-9-10-25(13-17)15(2)16-7-5-4-6-8-16/h4-8,15,17-19H,3,9-14H2,1-2H3,(H,26,27)(H2,22,23,28). The molecule has 0 radical (unpaired) electrons. The molecule has 1 aromatic carbocycles. The molecule has 0 spiro atoms. The molecule has 0 aromatic heterocycles. The largest absolute Gasteiger partial charge is 0.480 e. The molecule has 154 valence electrons. The molecule has 3 rings (SSSR count). The van der Waals surface area contributed by atoms with Gasteiger partial charge in [-0.1, -0.05) is 37.3 Å².